The van der Waals surface area contributed by atoms with E-state index in [9.17, 15) is 114 Å². The van der Waals surface area contributed by atoms with Crippen molar-refractivity contribution in [2.24, 2.45) is 0 Å². The first-order valence-corrected chi connectivity index (χ1v) is 37.8. The fraction of sp³-hybridized carbons (Fsp3) is 0.862. The van der Waals surface area contributed by atoms with E-state index in [0.29, 0.717) is 0 Å². The van der Waals surface area contributed by atoms with Crippen LogP contribution in [0.1, 0.15) is 105 Å². The fourth-order valence-electron chi connectivity index (χ4n) is 12.7. The molecule has 5 aliphatic heterocycles. The third kappa shape index (κ3) is 29.3. The predicted molar refractivity (Wildman–Crippen MR) is 366 cm³/mol. The first-order chi connectivity index (χ1) is 51.3. The molecule has 0 spiro atoms. The molecule has 108 heavy (non-hydrogen) atoms. The highest BCUT2D eigenvalue weighted by atomic mass is 31.2. The van der Waals surface area contributed by atoms with Gasteiger partial charge < -0.3 is 150 Å². The zero-order chi connectivity index (χ0) is 79.9. The zero-order valence-corrected chi connectivity index (χ0v) is 62.5. The molecule has 5 saturated heterocycles. The van der Waals surface area contributed by atoms with E-state index in [4.69, 9.17) is 42.4 Å². The molecule has 17 N–H and O–H groups in total. The molecule has 5 rings (SSSR count). The molecule has 0 aromatic carbocycles. The summed E-state index contributed by atoms with van der Waals surface area (Å²) < 4.78 is 68.3. The maximum absolute atomic E-state index is 14.7. The Bertz CT molecular complexity index is 2710. The van der Waals surface area contributed by atoms with Crippen LogP contribution in [0.3, 0.4) is 0 Å². The van der Waals surface area contributed by atoms with E-state index in [0.717, 1.165) is 7.11 Å². The van der Waals surface area contributed by atoms with Gasteiger partial charge in [-0.1, -0.05) is 0 Å². The number of aliphatic hydroxyl groups is 12. The van der Waals surface area contributed by atoms with E-state index in [2.05, 4.69) is 25.8 Å². The number of aliphatic hydroxyl groups excluding tert-OH is 12. The number of phosphoric acid groups is 1. The molecule has 5 fully saturated rings. The van der Waals surface area contributed by atoms with Crippen molar-refractivity contribution >= 4 is 61.0 Å². The summed E-state index contributed by atoms with van der Waals surface area (Å²) in [6.45, 7) is -2.08. The van der Waals surface area contributed by atoms with E-state index in [1.807, 2.05) is 0 Å². The Morgan fingerprint density at radius 3 is 0.741 bits per heavy atom. The summed E-state index contributed by atoms with van der Waals surface area (Å²) >= 11 is 0. The molecule has 5 aliphatic rings. The summed E-state index contributed by atoms with van der Waals surface area (Å²) in [5.41, 5.74) is 0. The molecule has 622 valence electrons. The van der Waals surface area contributed by atoms with Gasteiger partial charge in [0.15, 0.2) is 25.2 Å². The highest BCUT2D eigenvalue weighted by Crippen LogP contribution is 2.41. The minimum Gasteiger partial charge on any atom is -0.394 e. The molecule has 0 aromatic heterocycles. The molecule has 43 heteroatoms. The van der Waals surface area contributed by atoms with Crippen LogP contribution in [0.5, 0.6) is 0 Å². The van der Waals surface area contributed by atoms with Gasteiger partial charge in [0.05, 0.1) is 26.4 Å². The molecular weight excluding hydrogens is 1470 g/mol. The molecular formula is C65H114N9O33P. The van der Waals surface area contributed by atoms with E-state index >= 15 is 0 Å². The maximum atomic E-state index is 14.7. The Morgan fingerprint density at radius 2 is 0.556 bits per heavy atom. The zero-order valence-electron chi connectivity index (χ0n) is 61.6. The number of hydrogen-bond acceptors (Lipinski definition) is 32. The molecule has 0 aliphatic carbocycles. The van der Waals surface area contributed by atoms with Crippen molar-refractivity contribution in [3.8, 4) is 0 Å². The van der Waals surface area contributed by atoms with Crippen molar-refractivity contribution in [2.45, 2.75) is 227 Å². The molecule has 0 aromatic rings. The van der Waals surface area contributed by atoms with Gasteiger partial charge in [-0.25, -0.2) is 4.57 Å². The minimum absolute atomic E-state index is 0.113. The van der Waals surface area contributed by atoms with Crippen molar-refractivity contribution in [1.82, 2.24) is 45.8 Å². The highest BCUT2D eigenvalue weighted by molar-refractivity contribution is 7.47. The highest BCUT2D eigenvalue weighted by Gasteiger charge is 2.49. The summed E-state index contributed by atoms with van der Waals surface area (Å²) in [4.78, 5) is 138. The smallest absolute Gasteiger partial charge is 0.394 e. The van der Waals surface area contributed by atoms with Crippen LogP contribution in [0.2, 0.25) is 0 Å². The van der Waals surface area contributed by atoms with Gasteiger partial charge >= 0.3 is 7.82 Å². The van der Waals surface area contributed by atoms with Crippen LogP contribution in [0.25, 0.3) is 0 Å². The molecule has 9 amide bonds. The number of phosphoric ester groups is 1. The Hall–Kier alpha value is -5.46. The van der Waals surface area contributed by atoms with E-state index in [1.54, 1.807) is 0 Å². The van der Waals surface area contributed by atoms with Gasteiger partial charge in [-0.05, 0) is 51.4 Å². The van der Waals surface area contributed by atoms with Gasteiger partial charge in [0.2, 0.25) is 53.2 Å². The van der Waals surface area contributed by atoms with E-state index < -0.39 is 217 Å². The summed E-state index contributed by atoms with van der Waals surface area (Å²) in [7, 11) is -3.92. The summed E-state index contributed by atoms with van der Waals surface area (Å²) in [5.74, 6) is -5.29. The number of ether oxygens (including phenoxy) is 8. The third-order valence-electron chi connectivity index (χ3n) is 18.8. The van der Waals surface area contributed by atoms with Crippen molar-refractivity contribution in [2.75, 3.05) is 132 Å². The van der Waals surface area contributed by atoms with Crippen LogP contribution in [0.15, 0.2) is 0 Å². The van der Waals surface area contributed by atoms with Crippen molar-refractivity contribution < 1.29 is 161 Å². The second kappa shape index (κ2) is 47.2. The molecule has 21 unspecified atom stereocenters. The normalized spacial score (nSPS) is 31.1. The van der Waals surface area contributed by atoms with Crippen molar-refractivity contribution in [3.05, 3.63) is 0 Å². The summed E-state index contributed by atoms with van der Waals surface area (Å²) in [6, 6.07) is -5.03. The third-order valence-corrected chi connectivity index (χ3v) is 19.7. The van der Waals surface area contributed by atoms with Crippen molar-refractivity contribution in [3.63, 3.8) is 0 Å². The lowest BCUT2D eigenvalue weighted by Crippen LogP contribution is -2.64. The molecule has 0 bridgehead atoms. The van der Waals surface area contributed by atoms with Crippen LogP contribution in [0, 0.1) is 0 Å². The Balaban J connectivity index is 1.46. The first-order valence-electron chi connectivity index (χ1n) is 36.3. The second-order valence-electron chi connectivity index (χ2n) is 26.9. The van der Waals surface area contributed by atoms with Gasteiger partial charge in [0, 0.05) is 152 Å². The average molecular weight is 1580 g/mol. The average Bonchev–Trinajstić information content (AvgIpc) is 0.840. The van der Waals surface area contributed by atoms with Crippen molar-refractivity contribution in [1.29, 1.82) is 0 Å². The quantitative estimate of drug-likeness (QED) is 0.0205. The molecule has 21 atom stereocenters. The minimum atomic E-state index is -4.79. The Morgan fingerprint density at radius 1 is 0.352 bits per heavy atom. The van der Waals surface area contributed by atoms with E-state index in [1.165, 1.54) is 52.2 Å². The van der Waals surface area contributed by atoms with Gasteiger partial charge in [0.25, 0.3) is 0 Å². The second-order valence-corrected chi connectivity index (χ2v) is 28.4. The maximum Gasteiger partial charge on any atom is 0.472 e. The SMILES string of the molecule is COP(=O)(O)OCC(=O)N1CCN(C(=O)CCCCOC2OC(CO)C(O)C(O)C2NC(C)=O)CCN(C(=O)CCCCOC2OC(CO)C(O)C(O)C2NC(C)=O)CCN(C(=O)CCCCOC2OC(CO)C(O)C(O)C2NC(C)=O)CCN(C(=O)CCCCOC2OC(CO)C(O)C(O)C2NC(C)=O)CC1. The number of hydrogen-bond donors (Lipinski definition) is 17. The monoisotopic (exact) mass is 1580 g/mol. The molecule has 42 nitrogen and oxygen atoms in total. The molecule has 5 heterocycles. The predicted octanol–water partition coefficient (Wildman–Crippen LogP) is -8.57. The number of rotatable bonds is 36. The molecule has 0 saturated carbocycles. The van der Waals surface area contributed by atoms with E-state index in [-0.39, 0.29) is 169 Å². The Kier molecular flexibility index (Phi) is 40.7. The van der Waals surface area contributed by atoms with Crippen LogP contribution in [-0.2, 0) is 94.7 Å². The molecule has 0 radical (unpaired) electrons. The lowest BCUT2D eigenvalue weighted by molar-refractivity contribution is -0.270. The Labute approximate surface area is 625 Å². The van der Waals surface area contributed by atoms with Gasteiger partial charge in [0.1, 0.15) is 104 Å². The fourth-order valence-corrected chi connectivity index (χ4v) is 13.1. The number of nitrogens with one attached hydrogen (secondary N) is 4. The number of amides is 9. The van der Waals surface area contributed by atoms with Gasteiger partial charge in [-0.15, -0.1) is 0 Å². The lowest BCUT2D eigenvalue weighted by Gasteiger charge is -2.42. The van der Waals surface area contributed by atoms with Crippen LogP contribution >= 0.6 is 7.82 Å². The number of carbonyl (C=O) groups excluding carboxylic acids is 9. The largest absolute Gasteiger partial charge is 0.472 e. The number of carbonyl (C=O) groups is 9. The van der Waals surface area contributed by atoms with Crippen LogP contribution in [0.4, 0.5) is 0 Å². The topological polar surface area (TPSA) is 590 Å². The summed E-state index contributed by atoms with van der Waals surface area (Å²) in [6.07, 6.45) is -22.9. The number of unbranched alkanes of at least 4 members (excludes halogenated alkanes) is 4. The number of nitrogens with zero attached hydrogens (tertiary/aromatic N) is 5. The van der Waals surface area contributed by atoms with Gasteiger partial charge in [-0.3, -0.25) is 52.2 Å². The first kappa shape index (κ1) is 93.1. The standard InChI is InChI=1S/C65H114N9O33P/c1-37(79)66-50-58(92)54(88)41(32-75)104-62(50)99-28-10-6-14-45(83)70-18-19-71(46(84)15-7-11-29-100-63-51(67-38(2)80)59(93)55(89)42(33-76)105-63)21-23-73(48(86)17-9-13-31-102-65-53(69-40(4)82)61(95)57(91)44(35-78)107-65)25-27-74(49(87)36-103-108(96,97)98-5)26-24-72(22-20-70)47(85)16-8-12-30-101-64-52(68-39(3)81)60(94)56(90)43(34-77)106-64/h41-44,50-65,75-78,88-95H,6-36H2,1-5H3,(H,66,79)(H,67,80)(H,68,81)(H,69,82)(H,96,97). The van der Waals surface area contributed by atoms with Crippen LogP contribution < -0.4 is 21.3 Å². The van der Waals surface area contributed by atoms with Gasteiger partial charge in [-0.2, -0.15) is 0 Å². The van der Waals surface area contributed by atoms with Crippen LogP contribution in [-0.4, -0.2) is 398 Å². The summed E-state index contributed by atoms with van der Waals surface area (Å²) in [5, 5.41) is 135. The lowest BCUT2D eigenvalue weighted by atomic mass is 9.97.